The Balaban J connectivity index is 0.00000185. The Kier molecular flexibility index (Phi) is 42.9. The van der Waals surface area contributed by atoms with Gasteiger partial charge in [0, 0.05) is 35.5 Å². The Hall–Kier alpha value is -6.07. The van der Waals surface area contributed by atoms with Crippen LogP contribution in [0, 0.1) is 13.5 Å². The molecule has 0 unspecified atom stereocenters. The van der Waals surface area contributed by atoms with E-state index in [9.17, 15) is 28.4 Å². The first-order chi connectivity index (χ1) is 39.2. The number of nitrogens with two attached hydrogens (primary N) is 2. The van der Waals surface area contributed by atoms with Crippen LogP contribution in [0.5, 0.6) is 11.5 Å². The van der Waals surface area contributed by atoms with Gasteiger partial charge in [0.25, 0.3) is 0 Å². The molecular weight excluding hydrogens is 1070 g/mol. The third-order valence-corrected chi connectivity index (χ3v) is 13.6. The zero-order chi connectivity index (χ0) is 60.6. The average molecular weight is 1160 g/mol. The highest BCUT2D eigenvalue weighted by molar-refractivity contribution is 7.20. The van der Waals surface area contributed by atoms with Gasteiger partial charge in [0.15, 0.2) is 0 Å². The van der Waals surface area contributed by atoms with Crippen molar-refractivity contribution in [2.24, 2.45) is 9.98 Å². The average Bonchev–Trinajstić information content (AvgIpc) is 3.94. The van der Waals surface area contributed by atoms with Crippen LogP contribution < -0.4 is 20.9 Å². The molecule has 0 bridgehead atoms. The van der Waals surface area contributed by atoms with Gasteiger partial charge in [0.05, 0.1) is 60.3 Å². The molecular formula is C60H94FN5O12S2. The summed E-state index contributed by atoms with van der Waals surface area (Å²) in [6, 6.07) is 3.91. The fourth-order valence-electron chi connectivity index (χ4n) is 7.87. The molecule has 0 spiro atoms. The van der Waals surface area contributed by atoms with Crippen LogP contribution in [0.3, 0.4) is 0 Å². The smallest absolute Gasteiger partial charge is 0.387 e. The van der Waals surface area contributed by atoms with E-state index in [1.165, 1.54) is 114 Å². The Morgan fingerprint density at radius 2 is 0.912 bits per heavy atom. The molecule has 2 aromatic heterocycles. The van der Waals surface area contributed by atoms with Crippen molar-refractivity contribution in [3.8, 4) is 11.5 Å². The van der Waals surface area contributed by atoms with Crippen molar-refractivity contribution in [1.82, 2.24) is 0 Å². The topological polar surface area (TPSA) is 231 Å². The highest BCUT2D eigenvalue weighted by Gasteiger charge is 2.30. The number of hydrogen-bond acceptors (Lipinski definition) is 18. The van der Waals surface area contributed by atoms with Gasteiger partial charge in [0.2, 0.25) is 0 Å². The van der Waals surface area contributed by atoms with Crippen LogP contribution >= 0.6 is 22.7 Å². The number of nitrogen functional groups attached to an aromatic ring is 2. The van der Waals surface area contributed by atoms with Gasteiger partial charge in [-0.25, -0.2) is 35.5 Å². The Morgan fingerprint density at radius 3 is 1.27 bits per heavy atom. The zero-order valence-corrected chi connectivity index (χ0v) is 51.0. The number of ether oxygens (including phenoxy) is 7. The maximum absolute atomic E-state index is 13.1. The molecule has 0 saturated carbocycles. The predicted octanol–water partition coefficient (Wildman–Crippen LogP) is 15.1. The number of thiophene rings is 2. The fourth-order valence-corrected chi connectivity index (χ4v) is 9.65. The molecule has 4 N–H and O–H groups in total. The lowest BCUT2D eigenvalue weighted by atomic mass is 10.1. The van der Waals surface area contributed by atoms with Gasteiger partial charge < -0.3 is 49.5 Å². The lowest BCUT2D eigenvalue weighted by Gasteiger charge is -2.15. The number of esters is 5. The van der Waals surface area contributed by atoms with Gasteiger partial charge in [-0.15, -0.1) is 11.3 Å². The zero-order valence-electron chi connectivity index (χ0n) is 50.4. The first kappa shape index (κ1) is 71.9. The van der Waals surface area contributed by atoms with Crippen molar-refractivity contribution >= 4 is 80.0 Å². The largest absolute Gasteiger partial charge is 0.493 e. The van der Waals surface area contributed by atoms with Gasteiger partial charge in [-0.2, -0.15) is 0 Å². The number of carbonyl (C=O) groups excluding carboxylic acids is 5. The fraction of sp³-hybridized carbons (Fsp3) is 0.633. The normalized spacial score (nSPS) is 10.7. The molecule has 80 heavy (non-hydrogen) atoms. The first-order valence-electron chi connectivity index (χ1n) is 29.1. The van der Waals surface area contributed by atoms with Crippen LogP contribution in [-0.2, 0) is 28.5 Å². The number of halogens is 1. The predicted molar refractivity (Wildman–Crippen MR) is 323 cm³/mol. The van der Waals surface area contributed by atoms with E-state index in [1.807, 2.05) is 12.1 Å². The molecule has 450 valence electrons. The maximum Gasteiger partial charge on any atom is 0.387 e. The summed E-state index contributed by atoms with van der Waals surface area (Å²) < 4.78 is 52.9. The van der Waals surface area contributed by atoms with Gasteiger partial charge in [-0.1, -0.05) is 141 Å². The number of aliphatic imine (C=N–C) groups is 2. The molecule has 0 radical (unpaired) electrons. The van der Waals surface area contributed by atoms with E-state index in [0.717, 1.165) is 48.1 Å². The third kappa shape index (κ3) is 29.9. The summed E-state index contributed by atoms with van der Waals surface area (Å²) in [5.41, 5.74) is 13.2. The van der Waals surface area contributed by atoms with Crippen molar-refractivity contribution in [3.63, 3.8) is 0 Å². The molecule has 0 saturated heterocycles. The highest BCUT2D eigenvalue weighted by Crippen LogP contribution is 2.38. The second-order valence-electron chi connectivity index (χ2n) is 17.9. The van der Waals surface area contributed by atoms with Gasteiger partial charge in [0.1, 0.15) is 43.2 Å². The maximum atomic E-state index is 13.1. The van der Waals surface area contributed by atoms with E-state index in [2.05, 4.69) is 28.4 Å². The molecule has 0 aliphatic rings. The van der Waals surface area contributed by atoms with E-state index < -0.39 is 37.0 Å². The van der Waals surface area contributed by atoms with E-state index in [1.54, 1.807) is 61.0 Å². The van der Waals surface area contributed by atoms with Crippen molar-refractivity contribution in [1.29, 1.82) is 0 Å². The molecule has 20 heteroatoms. The van der Waals surface area contributed by atoms with Crippen LogP contribution in [0.25, 0.3) is 4.85 Å². The lowest BCUT2D eigenvalue weighted by molar-refractivity contribution is -0.140. The van der Waals surface area contributed by atoms with E-state index in [4.69, 9.17) is 52.8 Å². The van der Waals surface area contributed by atoms with Crippen LogP contribution in [0.1, 0.15) is 236 Å². The molecule has 0 aliphatic heterocycles. The summed E-state index contributed by atoms with van der Waals surface area (Å²) in [6.07, 6.45) is 28.6. The summed E-state index contributed by atoms with van der Waals surface area (Å²) in [5.74, 6) is -1.55. The minimum Gasteiger partial charge on any atom is -0.493 e. The molecule has 3 aromatic rings. The summed E-state index contributed by atoms with van der Waals surface area (Å²) in [7, 11) is 0.753. The third-order valence-electron chi connectivity index (χ3n) is 11.7. The first-order valence-corrected chi connectivity index (χ1v) is 30.0. The second-order valence-corrected chi connectivity index (χ2v) is 20.2. The number of anilines is 2. The molecule has 17 nitrogen and oxygen atoms in total. The summed E-state index contributed by atoms with van der Waals surface area (Å²) in [4.78, 5) is 72.0. The summed E-state index contributed by atoms with van der Waals surface area (Å²) in [6.45, 7) is 23.2. The van der Waals surface area contributed by atoms with Gasteiger partial charge >= 0.3 is 36.4 Å². The van der Waals surface area contributed by atoms with Gasteiger partial charge in [-0.3, -0.25) is 9.38 Å². The minimum absolute atomic E-state index is 0.00667. The van der Waals surface area contributed by atoms with Crippen LogP contribution in [0.4, 0.5) is 19.4 Å². The molecule has 0 fully saturated rings. The van der Waals surface area contributed by atoms with Gasteiger partial charge in [-0.05, 0) is 66.5 Å². The van der Waals surface area contributed by atoms with Crippen molar-refractivity contribution in [2.45, 2.75) is 184 Å². The lowest BCUT2D eigenvalue weighted by Crippen LogP contribution is -2.14. The number of rotatable bonds is 37. The van der Waals surface area contributed by atoms with E-state index in [0.29, 0.717) is 41.2 Å². The van der Waals surface area contributed by atoms with Crippen LogP contribution in [0.15, 0.2) is 22.1 Å². The number of carbonyl (C=O) groups is 5. The van der Waals surface area contributed by atoms with E-state index >= 15 is 0 Å². The van der Waals surface area contributed by atoms with Crippen molar-refractivity contribution in [3.05, 3.63) is 61.8 Å². The monoisotopic (exact) mass is 1160 g/mol. The highest BCUT2D eigenvalue weighted by atomic mass is 32.1. The Morgan fingerprint density at radius 1 is 0.562 bits per heavy atom. The molecule has 0 amide bonds. The molecule has 0 aliphatic carbocycles. The number of hydrogen-bond donors (Lipinski definition) is 2. The van der Waals surface area contributed by atoms with E-state index in [-0.39, 0.29) is 65.2 Å². The number of nitrogens with zero attached hydrogens (tertiary/aromatic N) is 3. The molecule has 0 atom stereocenters. The van der Waals surface area contributed by atoms with Crippen molar-refractivity contribution < 1.29 is 62.9 Å². The number of benzene rings is 1. The summed E-state index contributed by atoms with van der Waals surface area (Å²) >= 11 is 2.22. The second kappa shape index (κ2) is 47.7. The number of alkyl halides is 1. The summed E-state index contributed by atoms with van der Waals surface area (Å²) in [5, 5.41) is 0.699. The number of aryl methyl sites for hydroxylation is 1. The molecule has 1 aromatic carbocycles. The van der Waals surface area contributed by atoms with Crippen LogP contribution in [-0.4, -0.2) is 109 Å². The molecule has 3 rings (SSSR count). The van der Waals surface area contributed by atoms with Crippen molar-refractivity contribution in [2.75, 3.05) is 78.5 Å². The minimum atomic E-state index is -1.00. The Labute approximate surface area is 486 Å². The van der Waals surface area contributed by atoms with Crippen LogP contribution in [0.2, 0.25) is 0 Å². The number of unbranched alkanes of at least 4 members (excludes halogenated alkanes) is 18. The molecule has 2 heterocycles. The standard InChI is InChI=1S/C44H70N2O6S.C10H14N2O4S.C5H7NO2.CH3F/c1-7-11-13-15-17-19-21-23-25-27-29-51-38-32-37(34-46-42-41(44(48)50-10-4)40(35(5)53-42)43(47)49-9-3)39(31-36(38)33-45-6)52-30-28-26-24-22-20-18-16-14-12-8-2;1-3-15-9(13)5-6(10(14)16-4-2)8(12)17-7(5)11;1-3-8-5(7)4-6-2;1-2/h31-34H,7-30H2,1-6H3;3-4,11-12H2,1-2H3;3-4H2,1H3;1H3/i;;;1D. The SMILES string of the molecule is CCCCCCCCCCCCOc1cc(C=Nc2sc(C)c(C(=O)OCC)c2C(=O)OCC)c(OCCCCCCCCCCCC)cc1C=NC.CCOC(=O)c1c(N)sc(N)c1C(=O)OCC.[2H]CF.[C-]#[N+]CC(=O)OCC. The Bertz CT molecular complexity index is 2310. The quantitative estimate of drug-likeness (QED) is 0.0180.